The molecule has 98 valence electrons. The summed E-state index contributed by atoms with van der Waals surface area (Å²) in [4.78, 5) is 2.34. The molecule has 1 rings (SSSR count). The Hall–Kier alpha value is -0.840. The highest BCUT2D eigenvalue weighted by Gasteiger charge is 2.08. The first-order valence-electron chi connectivity index (χ1n) is 6.16. The zero-order valence-electron chi connectivity index (χ0n) is 11.1. The zero-order valence-corrected chi connectivity index (χ0v) is 11.1. The van der Waals surface area contributed by atoms with E-state index in [0.717, 1.165) is 38.4 Å². The fraction of sp³-hybridized carbons (Fsp3) is 0.692. The molecule has 0 aliphatic rings. The van der Waals surface area contributed by atoms with E-state index >= 15 is 0 Å². The summed E-state index contributed by atoms with van der Waals surface area (Å²) in [5.41, 5.74) is 0. The minimum Gasteiger partial charge on any atom is -0.468 e. The minimum atomic E-state index is 0.516. The van der Waals surface area contributed by atoms with Gasteiger partial charge in [0.15, 0.2) is 0 Å². The van der Waals surface area contributed by atoms with Crippen LogP contribution in [-0.2, 0) is 11.3 Å². The number of nitrogens with zero attached hydrogens (tertiary/aromatic N) is 1. The van der Waals surface area contributed by atoms with Gasteiger partial charge in [0, 0.05) is 32.8 Å². The van der Waals surface area contributed by atoms with Crippen LogP contribution in [-0.4, -0.2) is 44.8 Å². The Kier molecular flexibility index (Phi) is 6.93. The van der Waals surface area contributed by atoms with Crippen LogP contribution in [0.1, 0.15) is 19.1 Å². The highest BCUT2D eigenvalue weighted by Crippen LogP contribution is 2.00. The first kappa shape index (κ1) is 14.2. The fourth-order valence-corrected chi connectivity index (χ4v) is 1.65. The van der Waals surface area contributed by atoms with Crippen LogP contribution in [0.5, 0.6) is 0 Å². The Bertz CT molecular complexity index is 275. The lowest BCUT2D eigenvalue weighted by Gasteiger charge is -2.24. The van der Waals surface area contributed by atoms with E-state index in [1.165, 1.54) is 0 Å². The van der Waals surface area contributed by atoms with Crippen molar-refractivity contribution in [2.24, 2.45) is 0 Å². The Morgan fingerprint density at radius 1 is 1.53 bits per heavy atom. The van der Waals surface area contributed by atoms with Crippen molar-refractivity contribution in [3.05, 3.63) is 24.2 Å². The highest BCUT2D eigenvalue weighted by molar-refractivity contribution is 4.97. The molecule has 0 amide bonds. The summed E-state index contributed by atoms with van der Waals surface area (Å²) in [6, 6.07) is 4.42. The second-order valence-corrected chi connectivity index (χ2v) is 4.39. The fourth-order valence-electron chi connectivity index (χ4n) is 1.65. The molecule has 4 heteroatoms. The van der Waals surface area contributed by atoms with E-state index in [1.54, 1.807) is 13.4 Å². The van der Waals surface area contributed by atoms with Crippen molar-refractivity contribution in [1.29, 1.82) is 0 Å². The van der Waals surface area contributed by atoms with Gasteiger partial charge in [-0.1, -0.05) is 0 Å². The average Bonchev–Trinajstić information content (AvgIpc) is 2.82. The summed E-state index contributed by atoms with van der Waals surface area (Å²) in [6.07, 6.45) is 2.78. The molecule has 0 bridgehead atoms. The molecule has 1 heterocycles. The van der Waals surface area contributed by atoms with Crippen LogP contribution in [0.3, 0.4) is 0 Å². The lowest BCUT2D eigenvalue weighted by molar-refractivity contribution is 0.167. The lowest BCUT2D eigenvalue weighted by atomic mass is 10.2. The van der Waals surface area contributed by atoms with Crippen LogP contribution in [0.15, 0.2) is 22.8 Å². The normalized spacial score (nSPS) is 13.2. The Labute approximate surface area is 104 Å². The first-order chi connectivity index (χ1) is 8.24. The number of rotatable bonds is 9. The van der Waals surface area contributed by atoms with Gasteiger partial charge in [-0.2, -0.15) is 0 Å². The van der Waals surface area contributed by atoms with Gasteiger partial charge in [0.25, 0.3) is 0 Å². The topological polar surface area (TPSA) is 37.6 Å². The Morgan fingerprint density at radius 2 is 2.35 bits per heavy atom. The molecule has 0 aliphatic heterocycles. The predicted octanol–water partition coefficient (Wildman–Crippen LogP) is 1.73. The van der Waals surface area contributed by atoms with Crippen molar-refractivity contribution >= 4 is 0 Å². The maximum absolute atomic E-state index is 5.26. The average molecular weight is 240 g/mol. The maximum Gasteiger partial charge on any atom is 0.117 e. The molecule has 0 aromatic carbocycles. The van der Waals surface area contributed by atoms with Crippen LogP contribution >= 0.6 is 0 Å². The highest BCUT2D eigenvalue weighted by atomic mass is 16.5. The van der Waals surface area contributed by atoms with Gasteiger partial charge in [0.1, 0.15) is 5.76 Å². The number of ether oxygens (including phenoxy) is 1. The number of furan rings is 1. The molecule has 0 radical (unpaired) electrons. The van der Waals surface area contributed by atoms with E-state index in [0.29, 0.717) is 6.04 Å². The molecule has 0 aliphatic carbocycles. The number of methoxy groups -OCH3 is 1. The zero-order chi connectivity index (χ0) is 12.5. The number of nitrogens with one attached hydrogen (secondary N) is 1. The van der Waals surface area contributed by atoms with Crippen LogP contribution in [0.2, 0.25) is 0 Å². The maximum atomic E-state index is 5.26. The smallest absolute Gasteiger partial charge is 0.117 e. The van der Waals surface area contributed by atoms with E-state index in [2.05, 4.69) is 24.2 Å². The quantitative estimate of drug-likeness (QED) is 0.667. The van der Waals surface area contributed by atoms with E-state index in [4.69, 9.17) is 9.15 Å². The molecule has 17 heavy (non-hydrogen) atoms. The summed E-state index contributed by atoms with van der Waals surface area (Å²) in [6.45, 7) is 5.88. The van der Waals surface area contributed by atoms with Crippen LogP contribution in [0.25, 0.3) is 0 Å². The molecule has 1 aromatic rings. The van der Waals surface area contributed by atoms with Gasteiger partial charge in [-0.3, -0.25) is 0 Å². The third-order valence-electron chi connectivity index (χ3n) is 2.93. The molecule has 0 saturated carbocycles. The third-order valence-corrected chi connectivity index (χ3v) is 2.93. The Balaban J connectivity index is 2.09. The summed E-state index contributed by atoms with van der Waals surface area (Å²) in [5.74, 6) is 0.985. The second kappa shape index (κ2) is 8.28. The molecule has 1 aromatic heterocycles. The summed E-state index contributed by atoms with van der Waals surface area (Å²) < 4.78 is 10.3. The molecule has 0 fully saturated rings. The third kappa shape index (κ3) is 5.86. The summed E-state index contributed by atoms with van der Waals surface area (Å²) in [5, 5.41) is 3.39. The van der Waals surface area contributed by atoms with Crippen LogP contribution < -0.4 is 5.32 Å². The van der Waals surface area contributed by atoms with E-state index in [1.807, 2.05) is 12.1 Å². The standard InChI is InChI=1S/C13H24N2O2/c1-12(15(2)7-5-8-16-3)10-14-11-13-6-4-9-17-13/h4,6,9,12,14H,5,7-8,10-11H2,1-3H3. The lowest BCUT2D eigenvalue weighted by Crippen LogP contribution is -2.38. The second-order valence-electron chi connectivity index (χ2n) is 4.39. The van der Waals surface area contributed by atoms with Gasteiger partial charge >= 0.3 is 0 Å². The van der Waals surface area contributed by atoms with Crippen molar-refractivity contribution in [3.63, 3.8) is 0 Å². The van der Waals surface area contributed by atoms with Gasteiger partial charge in [0.2, 0.25) is 0 Å². The predicted molar refractivity (Wildman–Crippen MR) is 69.0 cm³/mol. The van der Waals surface area contributed by atoms with Crippen molar-refractivity contribution in [1.82, 2.24) is 10.2 Å². The molecule has 1 atom stereocenters. The van der Waals surface area contributed by atoms with Crippen LogP contribution in [0, 0.1) is 0 Å². The van der Waals surface area contributed by atoms with Gasteiger partial charge < -0.3 is 19.4 Å². The molecular weight excluding hydrogens is 216 g/mol. The van der Waals surface area contributed by atoms with Gasteiger partial charge in [-0.15, -0.1) is 0 Å². The van der Waals surface area contributed by atoms with E-state index < -0.39 is 0 Å². The molecule has 0 saturated heterocycles. The number of hydrogen-bond donors (Lipinski definition) is 1. The van der Waals surface area contributed by atoms with Crippen molar-refractivity contribution in [3.8, 4) is 0 Å². The minimum absolute atomic E-state index is 0.516. The summed E-state index contributed by atoms with van der Waals surface area (Å²) in [7, 11) is 3.89. The number of hydrogen-bond acceptors (Lipinski definition) is 4. The van der Waals surface area contributed by atoms with Gasteiger partial charge in [-0.25, -0.2) is 0 Å². The van der Waals surface area contributed by atoms with Crippen molar-refractivity contribution in [2.45, 2.75) is 25.9 Å². The SMILES string of the molecule is COCCCN(C)C(C)CNCc1ccco1. The molecule has 1 N–H and O–H groups in total. The largest absolute Gasteiger partial charge is 0.468 e. The molecule has 1 unspecified atom stereocenters. The van der Waals surface area contributed by atoms with Crippen molar-refractivity contribution in [2.75, 3.05) is 33.9 Å². The Morgan fingerprint density at radius 3 is 3.00 bits per heavy atom. The first-order valence-corrected chi connectivity index (χ1v) is 6.16. The van der Waals surface area contributed by atoms with Gasteiger partial charge in [-0.05, 0) is 32.5 Å². The van der Waals surface area contributed by atoms with Crippen LogP contribution in [0.4, 0.5) is 0 Å². The van der Waals surface area contributed by atoms with Crippen molar-refractivity contribution < 1.29 is 9.15 Å². The summed E-state index contributed by atoms with van der Waals surface area (Å²) >= 11 is 0. The number of likely N-dealkylation sites (N-methyl/N-ethyl adjacent to an activating group) is 1. The van der Waals surface area contributed by atoms with Gasteiger partial charge in [0.05, 0.1) is 12.8 Å². The molecular formula is C13H24N2O2. The van der Waals surface area contributed by atoms with E-state index in [9.17, 15) is 0 Å². The monoisotopic (exact) mass is 240 g/mol. The molecule has 4 nitrogen and oxygen atoms in total. The van der Waals surface area contributed by atoms with E-state index in [-0.39, 0.29) is 0 Å². The molecule has 0 spiro atoms.